The van der Waals surface area contributed by atoms with E-state index in [0.29, 0.717) is 29.3 Å². The fourth-order valence-electron chi connectivity index (χ4n) is 5.40. The Balaban J connectivity index is 2.29. The molecule has 0 saturated heterocycles. The van der Waals surface area contributed by atoms with E-state index in [1.54, 1.807) is 18.2 Å². The monoisotopic (exact) mass is 738 g/mol. The molecule has 2 N–H and O–H groups in total. The van der Waals surface area contributed by atoms with E-state index in [1.165, 1.54) is 19.1 Å². The summed E-state index contributed by atoms with van der Waals surface area (Å²) in [5.74, 6) is -1.40. The number of benzene rings is 1. The molecule has 1 aliphatic heterocycles. The van der Waals surface area contributed by atoms with Crippen molar-refractivity contribution in [2.24, 2.45) is 17.8 Å². The molecule has 1 aromatic rings. The van der Waals surface area contributed by atoms with Gasteiger partial charge in [0.15, 0.2) is 0 Å². The molecule has 8 unspecified atom stereocenters. The van der Waals surface area contributed by atoms with E-state index in [1.807, 2.05) is 58.9 Å². The third kappa shape index (κ3) is 14.2. The van der Waals surface area contributed by atoms with Crippen LogP contribution in [0.25, 0.3) is 0 Å². The minimum absolute atomic E-state index is 0.00197. The molecule has 8 atom stereocenters. The highest BCUT2D eigenvalue weighted by Gasteiger charge is 2.29. The first kappa shape index (κ1) is 40.6. The number of carbonyl (C=O) groups is 2. The van der Waals surface area contributed by atoms with Crippen LogP contribution in [0, 0.1) is 17.8 Å². The Morgan fingerprint density at radius 2 is 1.81 bits per heavy atom. The van der Waals surface area contributed by atoms with Gasteiger partial charge < -0.3 is 19.7 Å². The van der Waals surface area contributed by atoms with Crippen LogP contribution in [0.2, 0.25) is 0 Å². The van der Waals surface area contributed by atoms with Crippen molar-refractivity contribution in [1.29, 1.82) is 0 Å². The number of aliphatic hydroxyl groups is 2. The minimum Gasteiger partial charge on any atom is -0.457 e. The molecule has 0 aliphatic carbocycles. The van der Waals surface area contributed by atoms with Crippen LogP contribution in [-0.4, -0.2) is 61.1 Å². The van der Waals surface area contributed by atoms with Gasteiger partial charge in [0, 0.05) is 17.3 Å². The topological polar surface area (TPSA) is 136 Å². The molecule has 11 heteroatoms. The Bertz CT molecular complexity index is 1380. The van der Waals surface area contributed by atoms with Gasteiger partial charge in [0.05, 0.1) is 29.6 Å². The van der Waals surface area contributed by atoms with Gasteiger partial charge in [-0.25, -0.2) is 0 Å². The van der Waals surface area contributed by atoms with Crippen LogP contribution < -0.4 is 0 Å². The number of ether oxygens (including phenoxy) is 2. The molecule has 0 bridgehead atoms. The Labute approximate surface area is 289 Å². The number of allylic oxidation sites excluding steroid dienone is 3. The van der Waals surface area contributed by atoms with E-state index in [2.05, 4.69) is 22.5 Å². The van der Waals surface area contributed by atoms with Crippen LogP contribution in [0.15, 0.2) is 81.7 Å². The summed E-state index contributed by atoms with van der Waals surface area (Å²) in [5.41, 5.74) is 1.27. The molecule has 9 nitrogen and oxygen atoms in total. The molecule has 1 aromatic carbocycles. The lowest BCUT2D eigenvalue weighted by molar-refractivity contribution is -0.150. The molecular formula is C36H51BrO9S. The van der Waals surface area contributed by atoms with Gasteiger partial charge in [0.25, 0.3) is 10.1 Å². The maximum Gasteiger partial charge on any atom is 0.309 e. The number of aliphatic hydroxyl groups excluding tert-OH is 2. The van der Waals surface area contributed by atoms with Crippen molar-refractivity contribution >= 4 is 38.0 Å². The first-order chi connectivity index (χ1) is 22.0. The zero-order chi connectivity index (χ0) is 35.3. The van der Waals surface area contributed by atoms with Crippen LogP contribution in [0.4, 0.5) is 0 Å². The fraction of sp³-hybridized carbons (Fsp3) is 0.556. The lowest BCUT2D eigenvalue weighted by atomic mass is 9.91. The third-order valence-electron chi connectivity index (χ3n) is 8.18. The third-order valence-corrected chi connectivity index (χ3v) is 10.1. The average molecular weight is 740 g/mol. The molecule has 262 valence electrons. The van der Waals surface area contributed by atoms with Gasteiger partial charge in [-0.1, -0.05) is 74.5 Å². The van der Waals surface area contributed by atoms with Crippen molar-refractivity contribution in [3.8, 4) is 0 Å². The highest BCUT2D eigenvalue weighted by atomic mass is 79.9. The van der Waals surface area contributed by atoms with Gasteiger partial charge in [-0.2, -0.15) is 8.42 Å². The smallest absolute Gasteiger partial charge is 0.309 e. The molecule has 0 spiro atoms. The van der Waals surface area contributed by atoms with Crippen molar-refractivity contribution in [3.05, 3.63) is 76.8 Å². The predicted molar refractivity (Wildman–Crippen MR) is 186 cm³/mol. The molecule has 1 heterocycles. The normalized spacial score (nSPS) is 25.2. The minimum atomic E-state index is -4.21. The molecule has 0 amide bonds. The summed E-state index contributed by atoms with van der Waals surface area (Å²) >= 11 is 3.29. The van der Waals surface area contributed by atoms with Crippen molar-refractivity contribution in [3.63, 3.8) is 0 Å². The van der Waals surface area contributed by atoms with Crippen molar-refractivity contribution in [2.45, 2.75) is 115 Å². The summed E-state index contributed by atoms with van der Waals surface area (Å²) in [5, 5.41) is 20.5. The van der Waals surface area contributed by atoms with Crippen molar-refractivity contribution in [1.82, 2.24) is 0 Å². The Hall–Kier alpha value is -2.57. The van der Waals surface area contributed by atoms with Gasteiger partial charge in [-0.3, -0.25) is 13.8 Å². The maximum absolute atomic E-state index is 13.3. The Kier molecular flexibility index (Phi) is 16.8. The lowest BCUT2D eigenvalue weighted by Gasteiger charge is -2.26. The van der Waals surface area contributed by atoms with E-state index in [-0.39, 0.29) is 41.9 Å². The summed E-state index contributed by atoms with van der Waals surface area (Å²) in [7, 11) is -4.21. The zero-order valence-electron chi connectivity index (χ0n) is 28.3. The van der Waals surface area contributed by atoms with Crippen molar-refractivity contribution < 1.29 is 41.9 Å². The van der Waals surface area contributed by atoms with E-state index in [9.17, 15) is 28.2 Å². The SMILES string of the molecule is C=C1CCC(OS(=O)(=O)c2ccc(Br)cc2)CC(=O)OC(/C(C)=C/C=C/C(C)CC(O)CC(C)C(O)CC)C(C)/C=C/C1OC(C)=O. The van der Waals surface area contributed by atoms with Gasteiger partial charge in [0.1, 0.15) is 12.2 Å². The lowest BCUT2D eigenvalue weighted by Crippen LogP contribution is -2.30. The summed E-state index contributed by atoms with van der Waals surface area (Å²) in [4.78, 5) is 25.1. The molecular weight excluding hydrogens is 688 g/mol. The highest BCUT2D eigenvalue weighted by Crippen LogP contribution is 2.27. The first-order valence-electron chi connectivity index (χ1n) is 16.1. The van der Waals surface area contributed by atoms with Gasteiger partial charge in [-0.15, -0.1) is 0 Å². The number of hydrogen-bond donors (Lipinski definition) is 2. The number of carbonyl (C=O) groups excluding carboxylic acids is 2. The quantitative estimate of drug-likeness (QED) is 0.0950. The first-order valence-corrected chi connectivity index (χ1v) is 18.3. The second-order valence-electron chi connectivity index (χ2n) is 12.6. The summed E-state index contributed by atoms with van der Waals surface area (Å²) in [6, 6.07) is 5.99. The van der Waals surface area contributed by atoms with E-state index < -0.39 is 52.6 Å². The van der Waals surface area contributed by atoms with Gasteiger partial charge in [0.2, 0.25) is 0 Å². The molecule has 0 radical (unpaired) electrons. The second-order valence-corrected chi connectivity index (χ2v) is 15.1. The fourth-order valence-corrected chi connectivity index (χ4v) is 6.77. The number of rotatable bonds is 13. The van der Waals surface area contributed by atoms with Gasteiger partial charge in [-0.05, 0) is 92.4 Å². The van der Waals surface area contributed by atoms with Crippen LogP contribution in [0.1, 0.15) is 80.1 Å². The Morgan fingerprint density at radius 1 is 1.15 bits per heavy atom. The van der Waals surface area contributed by atoms with Crippen LogP contribution in [0.3, 0.4) is 0 Å². The standard InChI is InChI=1S/C36H51BrO9S/c1-8-33(40)27(6)21-30(39)20-23(2)10-9-11-25(4)36-26(5)13-19-34(44-28(7)38)24(3)12-16-31(22-35(41)45-36)46-47(42,43)32-17-14-29(37)15-18-32/h9-11,13-15,17-19,23,26-27,30-31,33-34,36,39-40H,3,8,12,16,20-22H2,1-2,4-7H3/b10-9+,19-13+,25-11+. The molecule has 0 saturated carbocycles. The van der Waals surface area contributed by atoms with Crippen LogP contribution in [-0.2, 0) is 33.4 Å². The maximum atomic E-state index is 13.3. The van der Waals surface area contributed by atoms with Crippen LogP contribution in [0.5, 0.6) is 0 Å². The van der Waals surface area contributed by atoms with E-state index in [4.69, 9.17) is 13.7 Å². The zero-order valence-corrected chi connectivity index (χ0v) is 30.7. The van der Waals surface area contributed by atoms with Gasteiger partial charge >= 0.3 is 11.9 Å². The molecule has 0 fully saturated rings. The van der Waals surface area contributed by atoms with Crippen LogP contribution >= 0.6 is 15.9 Å². The summed E-state index contributed by atoms with van der Waals surface area (Å²) in [6.45, 7) is 14.9. The van der Waals surface area contributed by atoms with Crippen molar-refractivity contribution in [2.75, 3.05) is 0 Å². The number of hydrogen-bond acceptors (Lipinski definition) is 9. The molecule has 47 heavy (non-hydrogen) atoms. The number of esters is 2. The number of cyclic esters (lactones) is 1. The predicted octanol–water partition coefficient (Wildman–Crippen LogP) is 6.99. The molecule has 0 aromatic heterocycles. The Morgan fingerprint density at radius 3 is 2.43 bits per heavy atom. The van der Waals surface area contributed by atoms with E-state index in [0.717, 1.165) is 5.57 Å². The average Bonchev–Trinajstić information content (AvgIpc) is 2.99. The number of halogens is 1. The highest BCUT2D eigenvalue weighted by molar-refractivity contribution is 9.10. The summed E-state index contributed by atoms with van der Waals surface area (Å²) in [6.07, 6.45) is 7.40. The molecule has 1 aliphatic rings. The van der Waals surface area contributed by atoms with E-state index >= 15 is 0 Å². The second kappa shape index (κ2) is 19.4. The summed E-state index contributed by atoms with van der Waals surface area (Å²) < 4.78 is 43.9. The largest absolute Gasteiger partial charge is 0.457 e. The molecule has 2 rings (SSSR count).